The molecule has 34 heavy (non-hydrogen) atoms. The second-order valence-electron chi connectivity index (χ2n) is 8.61. The minimum Gasteiger partial charge on any atom is -0.374 e. The van der Waals surface area contributed by atoms with Crippen LogP contribution >= 0.6 is 0 Å². The highest BCUT2D eigenvalue weighted by Gasteiger charge is 2.13. The van der Waals surface area contributed by atoms with Crippen molar-refractivity contribution in [1.29, 1.82) is 0 Å². The zero-order valence-corrected chi connectivity index (χ0v) is 18.5. The zero-order valence-electron chi connectivity index (χ0n) is 18.5. The van der Waals surface area contributed by atoms with E-state index in [-0.39, 0.29) is 0 Å². The quantitative estimate of drug-likeness (QED) is 0.252. The molecule has 6 aromatic carbocycles. The lowest BCUT2D eigenvalue weighted by Gasteiger charge is -2.14. The van der Waals surface area contributed by atoms with Gasteiger partial charge in [0, 0.05) is 16.2 Å². The molecule has 7 aromatic rings. The predicted molar refractivity (Wildman–Crippen MR) is 143 cm³/mol. The molecule has 0 saturated heterocycles. The number of rotatable bonds is 1. The molecule has 0 N–H and O–H groups in total. The fraction of sp³-hybridized carbons (Fsp3) is 0. The van der Waals surface area contributed by atoms with Crippen LogP contribution in [0.4, 0.5) is 0 Å². The van der Waals surface area contributed by atoms with Crippen LogP contribution in [0, 0.1) is 0 Å². The van der Waals surface area contributed by atoms with E-state index < -0.39 is 0 Å². The van der Waals surface area contributed by atoms with Crippen LogP contribution < -0.4 is 0 Å². The van der Waals surface area contributed by atoms with Gasteiger partial charge >= 0.3 is 0 Å². The fourth-order valence-electron chi connectivity index (χ4n) is 5.13. The van der Waals surface area contributed by atoms with Crippen molar-refractivity contribution >= 4 is 54.2 Å². The molecule has 0 unspecified atom stereocenters. The summed E-state index contributed by atoms with van der Waals surface area (Å²) in [7, 11) is 0. The Kier molecular flexibility index (Phi) is 4.18. The fourth-order valence-corrected chi connectivity index (χ4v) is 5.13. The normalized spacial score (nSPS) is 11.5. The zero-order chi connectivity index (χ0) is 22.5. The minimum atomic E-state index is 0.842. The average molecular weight is 436 g/mol. The number of benzene rings is 6. The number of aromatic nitrogens is 1. The van der Waals surface area contributed by atoms with Gasteiger partial charge in [0.25, 0.3) is 0 Å². The van der Waals surface area contributed by atoms with E-state index in [0.717, 1.165) is 27.6 Å². The molecule has 2 nitrogen and oxygen atoms in total. The van der Waals surface area contributed by atoms with Crippen LogP contribution in [0.15, 0.2) is 132 Å². The van der Waals surface area contributed by atoms with Crippen LogP contribution in [-0.2, 0) is 0 Å². The van der Waals surface area contributed by atoms with Crippen LogP contribution in [0.3, 0.4) is 0 Å². The summed E-state index contributed by atoms with van der Waals surface area (Å²) in [6.45, 7) is 0. The van der Waals surface area contributed by atoms with Crippen LogP contribution in [-0.4, -0.2) is 4.74 Å². The van der Waals surface area contributed by atoms with E-state index in [9.17, 15) is 0 Å². The summed E-state index contributed by atoms with van der Waals surface area (Å²) in [6, 6.07) is 44.7. The maximum atomic E-state index is 6.80. The van der Waals surface area contributed by atoms with Crippen molar-refractivity contribution in [2.45, 2.75) is 0 Å². The summed E-state index contributed by atoms with van der Waals surface area (Å²) in [5.41, 5.74) is 2.84. The van der Waals surface area contributed by atoms with Crippen molar-refractivity contribution in [2.75, 3.05) is 0 Å². The molecular formula is C32H21NO. The maximum absolute atomic E-state index is 6.80. The molecule has 0 saturated carbocycles. The molecule has 0 aliphatic rings. The molecule has 160 valence electrons. The number of hydrogen-bond acceptors (Lipinski definition) is 1. The van der Waals surface area contributed by atoms with Gasteiger partial charge in [-0.1, -0.05) is 103 Å². The van der Waals surface area contributed by atoms with Gasteiger partial charge in [0.15, 0.2) is 5.58 Å². The average Bonchev–Trinajstić information content (AvgIpc) is 2.90. The molecule has 0 aliphatic heterocycles. The highest BCUT2D eigenvalue weighted by molar-refractivity contribution is 6.28. The SMILES string of the molecule is c1ccc(-n2oc3ccc4ccccc4c3c3c4ccccc4ccc3c3ccccc32)cc1. The highest BCUT2D eigenvalue weighted by Crippen LogP contribution is 2.38. The lowest BCUT2D eigenvalue weighted by atomic mass is 9.95. The lowest BCUT2D eigenvalue weighted by molar-refractivity contribution is 0.380. The molecule has 7 rings (SSSR count). The topological polar surface area (TPSA) is 18.1 Å². The second-order valence-corrected chi connectivity index (χ2v) is 8.61. The Hall–Kier alpha value is -4.56. The van der Waals surface area contributed by atoms with Gasteiger partial charge in [0.1, 0.15) is 0 Å². The lowest BCUT2D eigenvalue weighted by Crippen LogP contribution is -1.96. The first kappa shape index (κ1) is 19.0. The van der Waals surface area contributed by atoms with Gasteiger partial charge in [-0.3, -0.25) is 0 Å². The van der Waals surface area contributed by atoms with Gasteiger partial charge in [-0.05, 0) is 51.2 Å². The number of para-hydroxylation sites is 2. The smallest absolute Gasteiger partial charge is 0.164 e. The molecule has 1 heterocycles. The van der Waals surface area contributed by atoms with E-state index in [2.05, 4.69) is 109 Å². The van der Waals surface area contributed by atoms with Gasteiger partial charge in [0.05, 0.1) is 11.2 Å². The Bertz CT molecular complexity index is 1910. The summed E-state index contributed by atoms with van der Waals surface area (Å²) >= 11 is 0. The van der Waals surface area contributed by atoms with Gasteiger partial charge in [-0.15, -0.1) is 0 Å². The molecule has 2 heteroatoms. The van der Waals surface area contributed by atoms with E-state index in [0.29, 0.717) is 0 Å². The Morgan fingerprint density at radius 1 is 0.412 bits per heavy atom. The first-order chi connectivity index (χ1) is 16.9. The van der Waals surface area contributed by atoms with Crippen molar-refractivity contribution < 1.29 is 4.52 Å². The van der Waals surface area contributed by atoms with Gasteiger partial charge in [-0.2, -0.15) is 4.74 Å². The van der Waals surface area contributed by atoms with Crippen molar-refractivity contribution in [1.82, 2.24) is 4.74 Å². The number of nitrogens with zero attached hydrogens (tertiary/aromatic N) is 1. The van der Waals surface area contributed by atoms with Crippen LogP contribution in [0.5, 0.6) is 0 Å². The van der Waals surface area contributed by atoms with E-state index in [4.69, 9.17) is 4.52 Å². The highest BCUT2D eigenvalue weighted by atomic mass is 16.5. The van der Waals surface area contributed by atoms with E-state index in [1.165, 1.54) is 32.3 Å². The van der Waals surface area contributed by atoms with Crippen LogP contribution in [0.25, 0.3) is 59.9 Å². The molecule has 0 radical (unpaired) electrons. The van der Waals surface area contributed by atoms with Crippen LogP contribution in [0.1, 0.15) is 0 Å². The van der Waals surface area contributed by atoms with Crippen molar-refractivity contribution in [3.63, 3.8) is 0 Å². The third-order valence-electron chi connectivity index (χ3n) is 6.66. The number of fused-ring (bicyclic) bond motifs is 9. The maximum Gasteiger partial charge on any atom is 0.164 e. The standard InChI is InChI=1S/C32H21NO/c1-2-12-24(13-3-1)33-29-17-9-8-16-27(29)28-20-18-22-10-4-6-14-25(22)31(28)32-26-15-7-5-11-23(26)19-21-30(32)34-33/h1-21H. The summed E-state index contributed by atoms with van der Waals surface area (Å²) in [5, 5.41) is 9.52. The first-order valence-electron chi connectivity index (χ1n) is 11.5. The first-order valence-corrected chi connectivity index (χ1v) is 11.5. The molecule has 0 atom stereocenters. The van der Waals surface area contributed by atoms with Crippen molar-refractivity contribution in [3.05, 3.63) is 127 Å². The van der Waals surface area contributed by atoms with Gasteiger partial charge in [-0.25, -0.2) is 0 Å². The van der Waals surface area contributed by atoms with Crippen molar-refractivity contribution in [3.8, 4) is 5.69 Å². The Labute approximate surface area is 196 Å². The predicted octanol–water partition coefficient (Wildman–Crippen LogP) is 8.96. The summed E-state index contributed by atoms with van der Waals surface area (Å²) in [6.07, 6.45) is 0. The summed E-state index contributed by atoms with van der Waals surface area (Å²) in [5.74, 6) is 0. The third-order valence-corrected chi connectivity index (χ3v) is 6.66. The summed E-state index contributed by atoms with van der Waals surface area (Å²) in [4.78, 5) is 0. The third kappa shape index (κ3) is 2.82. The Balaban J connectivity index is 1.88. The molecule has 0 aliphatic carbocycles. The Morgan fingerprint density at radius 3 is 1.76 bits per heavy atom. The van der Waals surface area contributed by atoms with Gasteiger partial charge in [0.2, 0.25) is 0 Å². The molecule has 0 amide bonds. The number of hydrogen-bond donors (Lipinski definition) is 0. The Morgan fingerprint density at radius 2 is 1.00 bits per heavy atom. The van der Waals surface area contributed by atoms with Gasteiger partial charge < -0.3 is 4.52 Å². The molecule has 0 bridgehead atoms. The van der Waals surface area contributed by atoms with Crippen LogP contribution in [0.2, 0.25) is 0 Å². The second kappa shape index (κ2) is 7.50. The molecule has 1 aromatic heterocycles. The molecular weight excluding hydrogens is 414 g/mol. The minimum absolute atomic E-state index is 0.842. The van der Waals surface area contributed by atoms with E-state index in [1.807, 2.05) is 22.9 Å². The largest absolute Gasteiger partial charge is 0.374 e. The van der Waals surface area contributed by atoms with E-state index in [1.54, 1.807) is 0 Å². The molecule has 0 spiro atoms. The van der Waals surface area contributed by atoms with Crippen molar-refractivity contribution in [2.24, 2.45) is 0 Å². The monoisotopic (exact) mass is 435 g/mol. The molecule has 0 fully saturated rings. The van der Waals surface area contributed by atoms with E-state index >= 15 is 0 Å². The summed E-state index contributed by atoms with van der Waals surface area (Å²) < 4.78 is 8.76.